The van der Waals surface area contributed by atoms with E-state index < -0.39 is 21.7 Å². The van der Waals surface area contributed by atoms with Gasteiger partial charge in [-0.25, -0.2) is 13.2 Å². The second-order valence-corrected chi connectivity index (χ2v) is 6.60. The van der Waals surface area contributed by atoms with Crippen LogP contribution in [0.4, 0.5) is 5.69 Å². The van der Waals surface area contributed by atoms with Crippen LogP contribution in [0.5, 0.6) is 5.75 Å². The van der Waals surface area contributed by atoms with Crippen molar-refractivity contribution in [3.63, 3.8) is 0 Å². The lowest BCUT2D eigenvalue weighted by Gasteiger charge is -2.11. The number of aromatic hydroxyl groups is 1. The number of methoxy groups -OCH3 is 1. The second kappa shape index (κ2) is 6.43. The average Bonchev–Trinajstić information content (AvgIpc) is 2.50. The van der Waals surface area contributed by atoms with Crippen molar-refractivity contribution in [1.82, 2.24) is 4.98 Å². The number of esters is 1. The molecule has 23 heavy (non-hydrogen) atoms. The summed E-state index contributed by atoms with van der Waals surface area (Å²) >= 11 is 5.71. The standard InChI is InChI=1S/C14H13ClN2O5S/c1-8-10(14(19)22-2)6-9(7-16-8)17-23(20,21)12-5-3-4-11(15)13(12)18/h3-7,17-18H,1-2H3. The number of anilines is 1. The quantitative estimate of drug-likeness (QED) is 0.814. The molecular weight excluding hydrogens is 344 g/mol. The van der Waals surface area contributed by atoms with Gasteiger partial charge >= 0.3 is 5.97 Å². The van der Waals surface area contributed by atoms with E-state index in [0.717, 1.165) is 0 Å². The summed E-state index contributed by atoms with van der Waals surface area (Å²) in [6.07, 6.45) is 1.25. The number of hydrogen-bond donors (Lipinski definition) is 2. The van der Waals surface area contributed by atoms with Crippen LogP contribution < -0.4 is 4.72 Å². The number of benzene rings is 1. The van der Waals surface area contributed by atoms with Crippen molar-refractivity contribution in [1.29, 1.82) is 0 Å². The van der Waals surface area contributed by atoms with Crippen molar-refractivity contribution in [2.24, 2.45) is 0 Å². The van der Waals surface area contributed by atoms with Crippen LogP contribution in [0.3, 0.4) is 0 Å². The van der Waals surface area contributed by atoms with Gasteiger partial charge < -0.3 is 9.84 Å². The van der Waals surface area contributed by atoms with Crippen molar-refractivity contribution < 1.29 is 23.1 Å². The summed E-state index contributed by atoms with van der Waals surface area (Å²) in [5.74, 6) is -1.20. The maximum Gasteiger partial charge on any atom is 0.339 e. The predicted molar refractivity (Wildman–Crippen MR) is 84.2 cm³/mol. The van der Waals surface area contributed by atoms with E-state index in [1.807, 2.05) is 0 Å². The van der Waals surface area contributed by atoms with Gasteiger partial charge in [0.05, 0.1) is 35.3 Å². The maximum atomic E-state index is 12.3. The molecule has 7 nitrogen and oxygen atoms in total. The first-order valence-electron chi connectivity index (χ1n) is 6.31. The molecule has 0 fully saturated rings. The number of nitrogens with one attached hydrogen (secondary N) is 1. The number of nitrogens with zero attached hydrogens (tertiary/aromatic N) is 1. The fourth-order valence-electron chi connectivity index (χ4n) is 1.83. The van der Waals surface area contributed by atoms with Crippen LogP contribution in [0, 0.1) is 6.92 Å². The Hall–Kier alpha value is -2.32. The molecule has 0 aliphatic carbocycles. The van der Waals surface area contributed by atoms with E-state index >= 15 is 0 Å². The molecular formula is C14H13ClN2O5S. The number of carbonyl (C=O) groups is 1. The van der Waals surface area contributed by atoms with Gasteiger partial charge in [0.1, 0.15) is 4.90 Å². The summed E-state index contributed by atoms with van der Waals surface area (Å²) in [5.41, 5.74) is 0.573. The Bertz CT molecular complexity index is 867. The molecule has 0 saturated carbocycles. The molecule has 0 radical (unpaired) electrons. The number of aryl methyl sites for hydroxylation is 1. The van der Waals surface area contributed by atoms with Crippen LogP contribution in [-0.4, -0.2) is 31.6 Å². The van der Waals surface area contributed by atoms with E-state index in [1.165, 1.54) is 37.6 Å². The number of phenolic OH excluding ortho intramolecular Hbond substituents is 1. The number of phenols is 1. The highest BCUT2D eigenvalue weighted by Crippen LogP contribution is 2.31. The van der Waals surface area contributed by atoms with Gasteiger partial charge in [-0.1, -0.05) is 17.7 Å². The van der Waals surface area contributed by atoms with Crippen LogP contribution in [0.15, 0.2) is 35.4 Å². The number of hydrogen-bond acceptors (Lipinski definition) is 6. The molecule has 2 aromatic rings. The summed E-state index contributed by atoms with van der Waals surface area (Å²) < 4.78 is 31.5. The minimum atomic E-state index is -4.11. The summed E-state index contributed by atoms with van der Waals surface area (Å²) in [6, 6.07) is 5.25. The van der Waals surface area contributed by atoms with Gasteiger partial charge in [-0.3, -0.25) is 9.71 Å². The van der Waals surface area contributed by atoms with Crippen molar-refractivity contribution in [2.45, 2.75) is 11.8 Å². The van der Waals surface area contributed by atoms with Gasteiger partial charge in [0.25, 0.3) is 10.0 Å². The molecule has 9 heteroatoms. The van der Waals surface area contributed by atoms with Crippen LogP contribution in [0.25, 0.3) is 0 Å². The number of sulfonamides is 1. The van der Waals surface area contributed by atoms with Gasteiger partial charge in [-0.2, -0.15) is 0 Å². The third-order valence-electron chi connectivity index (χ3n) is 2.98. The maximum absolute atomic E-state index is 12.3. The minimum absolute atomic E-state index is 0.0513. The number of carbonyl (C=O) groups excluding carboxylic acids is 1. The van der Waals surface area contributed by atoms with Crippen molar-refractivity contribution in [3.05, 3.63) is 46.7 Å². The number of ether oxygens (including phenoxy) is 1. The smallest absolute Gasteiger partial charge is 0.339 e. The molecule has 1 aromatic heterocycles. The zero-order valence-corrected chi connectivity index (χ0v) is 13.8. The number of aromatic nitrogens is 1. The molecule has 0 atom stereocenters. The zero-order valence-electron chi connectivity index (χ0n) is 12.2. The molecule has 0 aliphatic rings. The highest BCUT2D eigenvalue weighted by molar-refractivity contribution is 7.92. The van der Waals surface area contributed by atoms with Gasteiger partial charge in [0.15, 0.2) is 5.75 Å². The first kappa shape index (κ1) is 17.0. The lowest BCUT2D eigenvalue weighted by Crippen LogP contribution is -2.15. The topological polar surface area (TPSA) is 106 Å². The van der Waals surface area contributed by atoms with Crippen molar-refractivity contribution >= 4 is 33.3 Å². The molecule has 0 bridgehead atoms. The molecule has 122 valence electrons. The first-order chi connectivity index (χ1) is 10.8. The SMILES string of the molecule is COC(=O)c1cc(NS(=O)(=O)c2cccc(Cl)c2O)cnc1C. The van der Waals surface area contributed by atoms with Gasteiger partial charge in [-0.05, 0) is 25.1 Å². The Morgan fingerprint density at radius 2 is 2.09 bits per heavy atom. The molecule has 2 N–H and O–H groups in total. The number of pyridine rings is 1. The van der Waals surface area contributed by atoms with E-state index in [-0.39, 0.29) is 21.2 Å². The van der Waals surface area contributed by atoms with Gasteiger partial charge in [0, 0.05) is 0 Å². The molecule has 0 unspecified atom stereocenters. The van der Waals surface area contributed by atoms with Gasteiger partial charge in [-0.15, -0.1) is 0 Å². The van der Waals surface area contributed by atoms with Crippen LogP contribution in [0.1, 0.15) is 16.1 Å². The molecule has 0 spiro atoms. The van der Waals surface area contributed by atoms with E-state index in [0.29, 0.717) is 5.69 Å². The average molecular weight is 357 g/mol. The monoisotopic (exact) mass is 356 g/mol. The molecule has 0 saturated heterocycles. The van der Waals surface area contributed by atoms with Gasteiger partial charge in [0.2, 0.25) is 0 Å². The van der Waals surface area contributed by atoms with E-state index in [4.69, 9.17) is 11.6 Å². The lowest BCUT2D eigenvalue weighted by atomic mass is 10.2. The van der Waals surface area contributed by atoms with Crippen molar-refractivity contribution in [2.75, 3.05) is 11.8 Å². The van der Waals surface area contributed by atoms with Crippen molar-refractivity contribution in [3.8, 4) is 5.75 Å². The van der Waals surface area contributed by atoms with Crippen LogP contribution >= 0.6 is 11.6 Å². The Labute approximate surface area is 137 Å². The molecule has 0 amide bonds. The number of para-hydroxylation sites is 1. The summed E-state index contributed by atoms with van der Waals surface area (Å²) in [4.78, 5) is 15.2. The normalized spacial score (nSPS) is 11.1. The van der Waals surface area contributed by atoms with Crippen LogP contribution in [0.2, 0.25) is 5.02 Å². The summed E-state index contributed by atoms with van der Waals surface area (Å²) in [5, 5.41) is 9.70. The highest BCUT2D eigenvalue weighted by Gasteiger charge is 2.21. The first-order valence-corrected chi connectivity index (χ1v) is 8.17. The molecule has 2 rings (SSSR count). The van der Waals surface area contributed by atoms with E-state index in [1.54, 1.807) is 6.92 Å². The fraction of sp³-hybridized carbons (Fsp3) is 0.143. The third kappa shape index (κ3) is 3.54. The Morgan fingerprint density at radius 1 is 1.39 bits per heavy atom. The second-order valence-electron chi connectivity index (χ2n) is 4.54. The molecule has 1 aromatic carbocycles. The summed E-state index contributed by atoms with van der Waals surface area (Å²) in [7, 11) is -2.89. The Balaban J connectivity index is 2.42. The summed E-state index contributed by atoms with van der Waals surface area (Å²) in [6.45, 7) is 1.59. The van der Waals surface area contributed by atoms with Crippen LogP contribution in [-0.2, 0) is 14.8 Å². The number of rotatable bonds is 4. The largest absolute Gasteiger partial charge is 0.505 e. The Kier molecular flexibility index (Phi) is 4.76. The third-order valence-corrected chi connectivity index (χ3v) is 4.70. The fourth-order valence-corrected chi connectivity index (χ4v) is 3.21. The Morgan fingerprint density at radius 3 is 2.74 bits per heavy atom. The molecule has 0 aliphatic heterocycles. The predicted octanol–water partition coefficient (Wildman–Crippen LogP) is 2.34. The molecule has 1 heterocycles. The minimum Gasteiger partial charge on any atom is -0.505 e. The van der Waals surface area contributed by atoms with E-state index in [9.17, 15) is 18.3 Å². The highest BCUT2D eigenvalue weighted by atomic mass is 35.5. The van der Waals surface area contributed by atoms with E-state index in [2.05, 4.69) is 14.4 Å². The zero-order chi connectivity index (χ0) is 17.2. The lowest BCUT2D eigenvalue weighted by molar-refractivity contribution is 0.0599. The number of halogens is 1.